The van der Waals surface area contributed by atoms with Gasteiger partial charge in [-0.3, -0.25) is 10.6 Å². The van der Waals surface area contributed by atoms with E-state index in [1.54, 1.807) is 4.90 Å². The molecule has 94 valence electrons. The highest BCUT2D eigenvalue weighted by atomic mass is 16.2. The van der Waals surface area contributed by atoms with Crippen LogP contribution in [-0.4, -0.2) is 23.9 Å². The number of aryl methyl sites for hydroxylation is 1. The van der Waals surface area contributed by atoms with Crippen LogP contribution in [0.15, 0.2) is 18.2 Å². The van der Waals surface area contributed by atoms with Crippen LogP contribution < -0.4 is 11.3 Å². The van der Waals surface area contributed by atoms with E-state index in [0.29, 0.717) is 11.3 Å². The van der Waals surface area contributed by atoms with Gasteiger partial charge in [0.1, 0.15) is 0 Å². The van der Waals surface area contributed by atoms with Crippen molar-refractivity contribution in [3.63, 3.8) is 0 Å². The van der Waals surface area contributed by atoms with E-state index in [1.807, 2.05) is 39.1 Å². The summed E-state index contributed by atoms with van der Waals surface area (Å²) in [5.74, 6) is 5.42. The number of hydrazine groups is 1. The number of hydrogen-bond acceptors (Lipinski definition) is 3. The maximum Gasteiger partial charge on any atom is 0.255 e. The van der Waals surface area contributed by atoms with E-state index in [9.17, 15) is 4.79 Å². The van der Waals surface area contributed by atoms with Crippen molar-refractivity contribution in [2.24, 2.45) is 5.84 Å². The summed E-state index contributed by atoms with van der Waals surface area (Å²) in [6.07, 6.45) is 0.930. The van der Waals surface area contributed by atoms with Crippen LogP contribution in [0.5, 0.6) is 0 Å². The highest BCUT2D eigenvalue weighted by Crippen LogP contribution is 2.19. The van der Waals surface area contributed by atoms with Crippen molar-refractivity contribution in [3.05, 3.63) is 29.3 Å². The summed E-state index contributed by atoms with van der Waals surface area (Å²) in [5, 5.41) is 0. The fourth-order valence-corrected chi connectivity index (χ4v) is 1.62. The minimum Gasteiger partial charge on any atom is -0.339 e. The molecule has 0 heterocycles. The van der Waals surface area contributed by atoms with Gasteiger partial charge < -0.3 is 10.3 Å². The van der Waals surface area contributed by atoms with E-state index in [0.717, 1.165) is 12.0 Å². The molecule has 1 aromatic rings. The highest BCUT2D eigenvalue weighted by molar-refractivity contribution is 5.99. The Labute approximate surface area is 103 Å². The summed E-state index contributed by atoms with van der Waals surface area (Å²) >= 11 is 0. The molecule has 4 nitrogen and oxygen atoms in total. The number of amides is 1. The van der Waals surface area contributed by atoms with E-state index in [2.05, 4.69) is 12.3 Å². The molecule has 0 spiro atoms. The molecule has 1 atom stereocenters. The average molecular weight is 235 g/mol. The topological polar surface area (TPSA) is 58.4 Å². The molecule has 0 aromatic heterocycles. The molecule has 0 saturated heterocycles. The third-order valence-electron chi connectivity index (χ3n) is 3.13. The van der Waals surface area contributed by atoms with Gasteiger partial charge in [0, 0.05) is 13.1 Å². The maximum atomic E-state index is 12.3. The molecule has 3 N–H and O–H groups in total. The van der Waals surface area contributed by atoms with Gasteiger partial charge in [0.25, 0.3) is 5.91 Å². The van der Waals surface area contributed by atoms with Gasteiger partial charge in [-0.1, -0.05) is 18.6 Å². The van der Waals surface area contributed by atoms with Crippen molar-refractivity contribution in [1.29, 1.82) is 0 Å². The Hall–Kier alpha value is -1.55. The molecule has 1 aromatic carbocycles. The normalized spacial score (nSPS) is 12.1. The van der Waals surface area contributed by atoms with Crippen LogP contribution in [0.3, 0.4) is 0 Å². The lowest BCUT2D eigenvalue weighted by Crippen LogP contribution is -2.35. The lowest BCUT2D eigenvalue weighted by molar-refractivity contribution is 0.0741. The summed E-state index contributed by atoms with van der Waals surface area (Å²) in [6.45, 7) is 6.05. The van der Waals surface area contributed by atoms with Crippen molar-refractivity contribution in [2.75, 3.05) is 12.5 Å². The van der Waals surface area contributed by atoms with Gasteiger partial charge in [-0.05, 0) is 32.4 Å². The number of carbonyl (C=O) groups excluding carboxylic acids is 1. The third-order valence-corrected chi connectivity index (χ3v) is 3.13. The number of nitrogens with zero attached hydrogens (tertiary/aromatic N) is 1. The van der Waals surface area contributed by atoms with Crippen LogP contribution in [0.2, 0.25) is 0 Å². The molecule has 17 heavy (non-hydrogen) atoms. The Kier molecular flexibility index (Phi) is 4.52. The van der Waals surface area contributed by atoms with Crippen LogP contribution in [0.25, 0.3) is 0 Å². The van der Waals surface area contributed by atoms with Gasteiger partial charge >= 0.3 is 0 Å². The van der Waals surface area contributed by atoms with Gasteiger partial charge in [-0.15, -0.1) is 0 Å². The lowest BCUT2D eigenvalue weighted by atomic mass is 10.1. The van der Waals surface area contributed by atoms with Crippen LogP contribution in [-0.2, 0) is 0 Å². The number of nitrogens with two attached hydrogens (primary N) is 1. The Morgan fingerprint density at radius 3 is 2.71 bits per heavy atom. The summed E-state index contributed by atoms with van der Waals surface area (Å²) < 4.78 is 0. The van der Waals surface area contributed by atoms with Crippen LogP contribution >= 0.6 is 0 Å². The van der Waals surface area contributed by atoms with Crippen molar-refractivity contribution in [1.82, 2.24) is 4.90 Å². The molecule has 0 aliphatic heterocycles. The van der Waals surface area contributed by atoms with Gasteiger partial charge in [0.05, 0.1) is 11.3 Å². The molecular weight excluding hydrogens is 214 g/mol. The third kappa shape index (κ3) is 2.97. The Balaban J connectivity index is 3.06. The molecule has 0 radical (unpaired) electrons. The van der Waals surface area contributed by atoms with Gasteiger partial charge in [0.2, 0.25) is 0 Å². The molecule has 0 saturated carbocycles. The van der Waals surface area contributed by atoms with E-state index >= 15 is 0 Å². The summed E-state index contributed by atoms with van der Waals surface area (Å²) in [7, 11) is 1.82. The summed E-state index contributed by atoms with van der Waals surface area (Å²) in [6, 6.07) is 5.83. The highest BCUT2D eigenvalue weighted by Gasteiger charge is 2.18. The molecular formula is C13H21N3O. The predicted octanol–water partition coefficient (Wildman–Crippen LogP) is 2.15. The quantitative estimate of drug-likeness (QED) is 0.621. The van der Waals surface area contributed by atoms with Gasteiger partial charge in [0.15, 0.2) is 0 Å². The smallest absolute Gasteiger partial charge is 0.255 e. The zero-order chi connectivity index (χ0) is 13.0. The largest absolute Gasteiger partial charge is 0.339 e. The number of benzene rings is 1. The first-order valence-corrected chi connectivity index (χ1v) is 5.85. The molecule has 0 aliphatic rings. The number of rotatable bonds is 4. The Bertz CT molecular complexity index is 404. The van der Waals surface area contributed by atoms with Crippen molar-refractivity contribution >= 4 is 11.6 Å². The Morgan fingerprint density at radius 1 is 1.53 bits per heavy atom. The van der Waals surface area contributed by atoms with Crippen LogP contribution in [0, 0.1) is 6.92 Å². The fraction of sp³-hybridized carbons (Fsp3) is 0.462. The lowest BCUT2D eigenvalue weighted by Gasteiger charge is -2.25. The molecule has 0 bridgehead atoms. The van der Waals surface area contributed by atoms with Crippen molar-refractivity contribution in [2.45, 2.75) is 33.2 Å². The van der Waals surface area contributed by atoms with E-state index < -0.39 is 0 Å². The van der Waals surface area contributed by atoms with Crippen molar-refractivity contribution < 1.29 is 4.79 Å². The standard InChI is InChI=1S/C13H21N3O/c1-5-10(3)16(4)13(17)11-8-9(2)6-7-12(11)15-14/h6-8,10,15H,5,14H2,1-4H3. The minimum atomic E-state index is -0.00370. The van der Waals surface area contributed by atoms with E-state index in [1.165, 1.54) is 0 Å². The molecule has 0 aliphatic carbocycles. The van der Waals surface area contributed by atoms with Crippen LogP contribution in [0.4, 0.5) is 5.69 Å². The second-order valence-electron chi connectivity index (χ2n) is 4.37. The SMILES string of the molecule is CCC(C)N(C)C(=O)c1cc(C)ccc1NN. The predicted molar refractivity (Wildman–Crippen MR) is 70.8 cm³/mol. The Morgan fingerprint density at radius 2 is 2.18 bits per heavy atom. The number of nitrogen functional groups attached to an aromatic ring is 1. The molecule has 0 fully saturated rings. The van der Waals surface area contributed by atoms with Crippen molar-refractivity contribution in [3.8, 4) is 0 Å². The second-order valence-corrected chi connectivity index (χ2v) is 4.37. The maximum absolute atomic E-state index is 12.3. The molecule has 1 unspecified atom stereocenters. The molecule has 1 amide bonds. The minimum absolute atomic E-state index is 0.00370. The monoisotopic (exact) mass is 235 g/mol. The zero-order valence-electron chi connectivity index (χ0n) is 10.9. The van der Waals surface area contributed by atoms with Gasteiger partial charge in [-0.2, -0.15) is 0 Å². The zero-order valence-corrected chi connectivity index (χ0v) is 10.9. The molecule has 4 heteroatoms. The first-order valence-electron chi connectivity index (χ1n) is 5.85. The van der Waals surface area contributed by atoms with Gasteiger partial charge in [-0.25, -0.2) is 0 Å². The number of carbonyl (C=O) groups is 1. The summed E-state index contributed by atoms with van der Waals surface area (Å²) in [4.78, 5) is 14.1. The average Bonchev–Trinajstić information content (AvgIpc) is 2.35. The first kappa shape index (κ1) is 13.5. The number of anilines is 1. The number of nitrogens with one attached hydrogen (secondary N) is 1. The van der Waals surface area contributed by atoms with Crippen LogP contribution in [0.1, 0.15) is 36.2 Å². The molecule has 1 rings (SSSR count). The summed E-state index contributed by atoms with van der Waals surface area (Å²) in [5.41, 5.74) is 4.90. The van der Waals surface area contributed by atoms with E-state index in [-0.39, 0.29) is 11.9 Å². The second kappa shape index (κ2) is 5.68. The first-order chi connectivity index (χ1) is 8.01. The number of hydrogen-bond donors (Lipinski definition) is 2. The van der Waals surface area contributed by atoms with E-state index in [4.69, 9.17) is 5.84 Å². The fourth-order valence-electron chi connectivity index (χ4n) is 1.62.